The molecule has 1 N–H and O–H groups in total. The highest BCUT2D eigenvalue weighted by atomic mass is 35.5. The van der Waals surface area contributed by atoms with Gasteiger partial charge in [0.05, 0.1) is 13.5 Å². The molecule has 0 unspecified atom stereocenters. The second-order valence-electron chi connectivity index (χ2n) is 5.21. The Morgan fingerprint density at radius 3 is 2.64 bits per heavy atom. The van der Waals surface area contributed by atoms with Gasteiger partial charge < -0.3 is 15.0 Å². The van der Waals surface area contributed by atoms with Gasteiger partial charge in [0.2, 0.25) is 5.91 Å². The zero-order valence-electron chi connectivity index (χ0n) is 12.3. The van der Waals surface area contributed by atoms with Crippen LogP contribution >= 0.6 is 23.2 Å². The molecule has 0 bridgehead atoms. The average Bonchev–Trinajstić information content (AvgIpc) is 2.51. The lowest BCUT2D eigenvalue weighted by Crippen LogP contribution is -2.46. The SMILES string of the molecule is COC(=O)N1CCC(NC(=O)Cc2cc(Cl)ccc2Cl)CC1. The fourth-order valence-corrected chi connectivity index (χ4v) is 2.85. The predicted molar refractivity (Wildman–Crippen MR) is 85.3 cm³/mol. The van der Waals surface area contributed by atoms with Crippen molar-refractivity contribution in [1.29, 1.82) is 0 Å². The van der Waals surface area contributed by atoms with Crippen LogP contribution in [0.4, 0.5) is 4.79 Å². The van der Waals surface area contributed by atoms with Crippen molar-refractivity contribution in [2.24, 2.45) is 0 Å². The standard InChI is InChI=1S/C15H18Cl2N2O3/c1-22-15(21)19-6-4-12(5-7-19)18-14(20)9-10-8-11(16)2-3-13(10)17/h2-3,8,12H,4-7,9H2,1H3,(H,18,20). The number of amides is 2. The molecule has 0 radical (unpaired) electrons. The number of carbonyl (C=O) groups is 2. The molecule has 22 heavy (non-hydrogen) atoms. The molecule has 1 heterocycles. The predicted octanol–water partition coefficient (Wildman–Crippen LogP) is 2.88. The van der Waals surface area contributed by atoms with Crippen LogP contribution in [0.25, 0.3) is 0 Å². The summed E-state index contributed by atoms with van der Waals surface area (Å²) in [7, 11) is 1.37. The maximum atomic E-state index is 12.1. The molecule has 5 nitrogen and oxygen atoms in total. The van der Waals surface area contributed by atoms with Crippen LogP contribution in [-0.4, -0.2) is 43.1 Å². The molecule has 2 amide bonds. The van der Waals surface area contributed by atoms with Gasteiger partial charge in [-0.3, -0.25) is 4.79 Å². The van der Waals surface area contributed by atoms with E-state index in [1.807, 2.05) is 0 Å². The van der Waals surface area contributed by atoms with E-state index in [-0.39, 0.29) is 24.5 Å². The van der Waals surface area contributed by atoms with Gasteiger partial charge in [-0.2, -0.15) is 0 Å². The molecular weight excluding hydrogens is 327 g/mol. The van der Waals surface area contributed by atoms with Gasteiger partial charge in [-0.15, -0.1) is 0 Å². The Morgan fingerprint density at radius 1 is 1.32 bits per heavy atom. The van der Waals surface area contributed by atoms with Gasteiger partial charge in [-0.25, -0.2) is 4.79 Å². The Labute approximate surface area is 139 Å². The Balaban J connectivity index is 1.83. The van der Waals surface area contributed by atoms with Gasteiger partial charge in [0, 0.05) is 29.2 Å². The molecule has 0 saturated carbocycles. The van der Waals surface area contributed by atoms with Crippen molar-refractivity contribution < 1.29 is 14.3 Å². The second-order valence-corrected chi connectivity index (χ2v) is 6.06. The number of hydrogen-bond donors (Lipinski definition) is 1. The lowest BCUT2D eigenvalue weighted by atomic mass is 10.0. The van der Waals surface area contributed by atoms with Crippen molar-refractivity contribution in [2.45, 2.75) is 25.3 Å². The summed E-state index contributed by atoms with van der Waals surface area (Å²) in [5, 5.41) is 4.05. The van der Waals surface area contributed by atoms with Crippen molar-refractivity contribution in [3.8, 4) is 0 Å². The number of halogens is 2. The molecule has 120 valence electrons. The highest BCUT2D eigenvalue weighted by Gasteiger charge is 2.24. The van der Waals surface area contributed by atoms with Crippen LogP contribution in [0.5, 0.6) is 0 Å². The largest absolute Gasteiger partial charge is 0.453 e. The van der Waals surface area contributed by atoms with Crippen molar-refractivity contribution >= 4 is 35.2 Å². The number of carbonyl (C=O) groups excluding carboxylic acids is 2. The zero-order valence-corrected chi connectivity index (χ0v) is 13.8. The first-order chi connectivity index (χ1) is 10.5. The number of nitrogens with zero attached hydrogens (tertiary/aromatic N) is 1. The Hall–Kier alpha value is -1.46. The van der Waals surface area contributed by atoms with Gasteiger partial charge in [-0.1, -0.05) is 23.2 Å². The van der Waals surface area contributed by atoms with E-state index in [0.717, 1.165) is 0 Å². The van der Waals surface area contributed by atoms with Gasteiger partial charge >= 0.3 is 6.09 Å². The van der Waals surface area contributed by atoms with Gasteiger partial charge in [-0.05, 0) is 36.6 Å². The molecule has 1 aliphatic rings. The summed E-state index contributed by atoms with van der Waals surface area (Å²) in [5.74, 6) is -0.0966. The average molecular weight is 345 g/mol. The van der Waals surface area contributed by atoms with Crippen LogP contribution in [-0.2, 0) is 16.0 Å². The summed E-state index contributed by atoms with van der Waals surface area (Å²) in [6.07, 6.45) is 1.29. The fourth-order valence-electron chi connectivity index (χ4n) is 2.47. The molecule has 0 atom stereocenters. The first-order valence-electron chi connectivity index (χ1n) is 7.05. The monoisotopic (exact) mass is 344 g/mol. The third-order valence-electron chi connectivity index (χ3n) is 3.65. The van der Waals surface area contributed by atoms with E-state index >= 15 is 0 Å². The number of benzene rings is 1. The zero-order chi connectivity index (χ0) is 16.1. The first kappa shape index (κ1) is 16.9. The lowest BCUT2D eigenvalue weighted by molar-refractivity contribution is -0.121. The summed E-state index contributed by atoms with van der Waals surface area (Å²) in [6, 6.07) is 5.13. The maximum Gasteiger partial charge on any atom is 0.409 e. The van der Waals surface area contributed by atoms with Crippen LogP contribution in [0, 0.1) is 0 Å². The summed E-state index contributed by atoms with van der Waals surface area (Å²) < 4.78 is 4.68. The molecule has 1 fully saturated rings. The first-order valence-corrected chi connectivity index (χ1v) is 7.81. The summed E-state index contributed by atoms with van der Waals surface area (Å²) >= 11 is 12.0. The van der Waals surface area contributed by atoms with E-state index in [0.29, 0.717) is 41.5 Å². The molecule has 1 aromatic carbocycles. The number of methoxy groups -OCH3 is 1. The van der Waals surface area contributed by atoms with E-state index < -0.39 is 0 Å². The van der Waals surface area contributed by atoms with Gasteiger partial charge in [0.15, 0.2) is 0 Å². The Bertz CT molecular complexity index is 558. The molecule has 7 heteroatoms. The van der Waals surface area contributed by atoms with Crippen LogP contribution in [0.2, 0.25) is 10.0 Å². The number of likely N-dealkylation sites (tertiary alicyclic amines) is 1. The third kappa shape index (κ3) is 4.52. The van der Waals surface area contributed by atoms with Crippen LogP contribution in [0.15, 0.2) is 18.2 Å². The number of hydrogen-bond acceptors (Lipinski definition) is 3. The maximum absolute atomic E-state index is 12.1. The molecule has 1 saturated heterocycles. The van der Waals surface area contributed by atoms with Crippen molar-refractivity contribution in [2.75, 3.05) is 20.2 Å². The van der Waals surface area contributed by atoms with E-state index in [9.17, 15) is 9.59 Å². The second kappa shape index (κ2) is 7.70. The lowest BCUT2D eigenvalue weighted by Gasteiger charge is -2.31. The number of ether oxygens (including phenoxy) is 1. The van der Waals surface area contributed by atoms with E-state index in [1.165, 1.54) is 7.11 Å². The van der Waals surface area contributed by atoms with Crippen molar-refractivity contribution in [3.63, 3.8) is 0 Å². The highest BCUT2D eigenvalue weighted by Crippen LogP contribution is 2.21. The Kier molecular flexibility index (Phi) is 5.91. The van der Waals surface area contributed by atoms with Crippen LogP contribution < -0.4 is 5.32 Å². The minimum atomic E-state index is -0.324. The smallest absolute Gasteiger partial charge is 0.409 e. The summed E-state index contributed by atoms with van der Waals surface area (Å²) in [5.41, 5.74) is 0.707. The molecule has 0 spiro atoms. The van der Waals surface area contributed by atoms with Gasteiger partial charge in [0.25, 0.3) is 0 Å². The van der Waals surface area contributed by atoms with Crippen molar-refractivity contribution in [1.82, 2.24) is 10.2 Å². The fraction of sp³-hybridized carbons (Fsp3) is 0.467. The third-order valence-corrected chi connectivity index (χ3v) is 4.26. The molecule has 0 aliphatic carbocycles. The van der Waals surface area contributed by atoms with Crippen molar-refractivity contribution in [3.05, 3.63) is 33.8 Å². The summed E-state index contributed by atoms with van der Waals surface area (Å²) in [4.78, 5) is 25.1. The molecule has 2 rings (SSSR count). The molecule has 1 aliphatic heterocycles. The van der Waals surface area contributed by atoms with Crippen LogP contribution in [0.3, 0.4) is 0 Å². The van der Waals surface area contributed by atoms with E-state index in [1.54, 1.807) is 23.1 Å². The highest BCUT2D eigenvalue weighted by molar-refractivity contribution is 6.33. The Morgan fingerprint density at radius 2 is 2.00 bits per heavy atom. The summed E-state index contributed by atoms with van der Waals surface area (Å²) in [6.45, 7) is 1.16. The van der Waals surface area contributed by atoms with E-state index in [2.05, 4.69) is 10.1 Å². The van der Waals surface area contributed by atoms with Gasteiger partial charge in [0.1, 0.15) is 0 Å². The number of nitrogens with one attached hydrogen (secondary N) is 1. The number of piperidine rings is 1. The van der Waals surface area contributed by atoms with E-state index in [4.69, 9.17) is 23.2 Å². The quantitative estimate of drug-likeness (QED) is 0.916. The topological polar surface area (TPSA) is 58.6 Å². The molecule has 0 aromatic heterocycles. The molecule has 1 aromatic rings. The van der Waals surface area contributed by atoms with Crippen LogP contribution in [0.1, 0.15) is 18.4 Å². The molecular formula is C15H18Cl2N2O3. The minimum Gasteiger partial charge on any atom is -0.453 e. The number of rotatable bonds is 3. The minimum absolute atomic E-state index is 0.0614. The normalized spacial score (nSPS) is 15.5.